The molecule has 0 spiro atoms. The maximum absolute atomic E-state index is 12.1. The number of amides is 2. The standard InChI is InChI=1S/C13H24N2O4/c1-9-5-4-6-10(2)15(9)12(18)14-8-13(3,19)7-11(16)17/h9-10,19H,4-8H2,1-3H3,(H,14,18)(H,16,17)/t9-,10+,13?. The Labute approximate surface area is 113 Å². The van der Waals surface area contributed by atoms with Gasteiger partial charge in [0.05, 0.1) is 12.0 Å². The number of urea groups is 1. The second-order valence-electron chi connectivity index (χ2n) is 5.76. The van der Waals surface area contributed by atoms with E-state index in [1.807, 2.05) is 13.8 Å². The molecule has 1 heterocycles. The summed E-state index contributed by atoms with van der Waals surface area (Å²) in [6.45, 7) is 5.35. The van der Waals surface area contributed by atoms with Crippen LogP contribution in [-0.2, 0) is 4.79 Å². The molecule has 0 radical (unpaired) electrons. The SMILES string of the molecule is C[C@@H]1CCC[C@H](C)N1C(=O)NCC(C)(O)CC(=O)O. The highest BCUT2D eigenvalue weighted by Gasteiger charge is 2.31. The van der Waals surface area contributed by atoms with Crippen molar-refractivity contribution in [2.75, 3.05) is 6.54 Å². The molecule has 1 rings (SSSR count). The first-order chi connectivity index (χ1) is 8.73. The number of nitrogens with zero attached hydrogens (tertiary/aromatic N) is 1. The smallest absolute Gasteiger partial charge is 0.317 e. The Balaban J connectivity index is 2.52. The van der Waals surface area contributed by atoms with Crippen LogP contribution < -0.4 is 5.32 Å². The number of aliphatic carboxylic acids is 1. The topological polar surface area (TPSA) is 89.9 Å². The average molecular weight is 272 g/mol. The quantitative estimate of drug-likeness (QED) is 0.717. The summed E-state index contributed by atoms with van der Waals surface area (Å²) in [6, 6.07) is 0.117. The Hall–Kier alpha value is -1.30. The van der Waals surface area contributed by atoms with Crippen LogP contribution in [0.3, 0.4) is 0 Å². The van der Waals surface area contributed by atoms with Gasteiger partial charge in [-0.25, -0.2) is 4.79 Å². The summed E-state index contributed by atoms with van der Waals surface area (Å²) >= 11 is 0. The van der Waals surface area contributed by atoms with Crippen molar-refractivity contribution < 1.29 is 19.8 Å². The summed E-state index contributed by atoms with van der Waals surface area (Å²) in [5, 5.41) is 21.1. The number of carbonyl (C=O) groups is 2. The molecule has 0 aromatic carbocycles. The number of rotatable bonds is 4. The van der Waals surface area contributed by atoms with Gasteiger partial charge in [0, 0.05) is 18.6 Å². The van der Waals surface area contributed by atoms with Gasteiger partial charge in [0.25, 0.3) is 0 Å². The molecule has 1 fully saturated rings. The van der Waals surface area contributed by atoms with Crippen molar-refractivity contribution in [3.63, 3.8) is 0 Å². The van der Waals surface area contributed by atoms with Gasteiger partial charge in [-0.15, -0.1) is 0 Å². The molecule has 3 atom stereocenters. The molecule has 0 aliphatic carbocycles. The molecule has 1 unspecified atom stereocenters. The number of hydrogen-bond acceptors (Lipinski definition) is 3. The minimum atomic E-state index is -1.43. The lowest BCUT2D eigenvalue weighted by Gasteiger charge is -2.39. The summed E-state index contributed by atoms with van der Waals surface area (Å²) in [6.07, 6.45) is 2.67. The van der Waals surface area contributed by atoms with Crippen LogP contribution in [0, 0.1) is 0 Å². The van der Waals surface area contributed by atoms with Crippen LogP contribution >= 0.6 is 0 Å². The van der Waals surface area contributed by atoms with Crippen molar-refractivity contribution in [1.82, 2.24) is 10.2 Å². The van der Waals surface area contributed by atoms with Crippen molar-refractivity contribution in [3.05, 3.63) is 0 Å². The molecule has 0 aromatic heterocycles. The van der Waals surface area contributed by atoms with Crippen molar-refractivity contribution >= 4 is 12.0 Å². The summed E-state index contributed by atoms with van der Waals surface area (Å²) < 4.78 is 0. The van der Waals surface area contributed by atoms with Gasteiger partial charge in [-0.2, -0.15) is 0 Å². The van der Waals surface area contributed by atoms with Gasteiger partial charge in [-0.1, -0.05) is 0 Å². The Bertz CT molecular complexity index is 334. The minimum Gasteiger partial charge on any atom is -0.481 e. The lowest BCUT2D eigenvalue weighted by molar-refractivity contribution is -0.141. The number of hydrogen-bond donors (Lipinski definition) is 3. The monoisotopic (exact) mass is 272 g/mol. The third kappa shape index (κ3) is 4.70. The average Bonchev–Trinajstić information content (AvgIpc) is 2.24. The molecule has 0 bridgehead atoms. The van der Waals surface area contributed by atoms with E-state index in [0.29, 0.717) is 0 Å². The summed E-state index contributed by atoms with van der Waals surface area (Å²) in [5.41, 5.74) is -1.43. The fraction of sp³-hybridized carbons (Fsp3) is 0.846. The van der Waals surface area contributed by atoms with E-state index in [1.165, 1.54) is 6.92 Å². The molecule has 1 aliphatic rings. The van der Waals surface area contributed by atoms with Gasteiger partial charge in [0.2, 0.25) is 0 Å². The number of carboxylic acid groups (broad SMARTS) is 1. The molecule has 6 nitrogen and oxygen atoms in total. The van der Waals surface area contributed by atoms with E-state index >= 15 is 0 Å². The summed E-state index contributed by atoms with van der Waals surface area (Å²) in [5.74, 6) is -1.08. The van der Waals surface area contributed by atoms with Gasteiger partial charge in [-0.3, -0.25) is 4.79 Å². The number of aliphatic hydroxyl groups is 1. The van der Waals surface area contributed by atoms with Crippen LogP contribution in [0.25, 0.3) is 0 Å². The van der Waals surface area contributed by atoms with E-state index in [-0.39, 0.29) is 24.7 Å². The first kappa shape index (κ1) is 15.8. The predicted octanol–water partition coefficient (Wildman–Crippen LogP) is 1.18. The Morgan fingerprint density at radius 2 is 1.84 bits per heavy atom. The highest BCUT2D eigenvalue weighted by Crippen LogP contribution is 2.22. The normalized spacial score (nSPS) is 26.6. The fourth-order valence-corrected chi connectivity index (χ4v) is 2.57. The molecule has 0 aromatic rings. The second kappa shape index (κ2) is 6.23. The van der Waals surface area contributed by atoms with Gasteiger partial charge in [-0.05, 0) is 40.0 Å². The lowest BCUT2D eigenvalue weighted by atomic mass is 9.98. The Morgan fingerprint density at radius 1 is 1.32 bits per heavy atom. The van der Waals surface area contributed by atoms with Gasteiger partial charge < -0.3 is 20.4 Å². The van der Waals surface area contributed by atoms with Crippen LogP contribution in [-0.4, -0.2) is 51.3 Å². The Kier molecular flexibility index (Phi) is 5.17. The van der Waals surface area contributed by atoms with Crippen LogP contribution in [0.15, 0.2) is 0 Å². The molecule has 110 valence electrons. The zero-order valence-electron chi connectivity index (χ0n) is 11.8. The molecule has 3 N–H and O–H groups in total. The number of piperidine rings is 1. The molecule has 6 heteroatoms. The van der Waals surface area contributed by atoms with Gasteiger partial charge >= 0.3 is 12.0 Å². The zero-order valence-corrected chi connectivity index (χ0v) is 11.8. The lowest BCUT2D eigenvalue weighted by Crippen LogP contribution is -2.54. The molecule has 2 amide bonds. The molecular formula is C13H24N2O4. The van der Waals surface area contributed by atoms with Gasteiger partial charge in [0.1, 0.15) is 0 Å². The van der Waals surface area contributed by atoms with Crippen LogP contribution in [0.1, 0.15) is 46.5 Å². The predicted molar refractivity (Wildman–Crippen MR) is 70.9 cm³/mol. The van der Waals surface area contributed by atoms with Gasteiger partial charge in [0.15, 0.2) is 0 Å². The molecule has 0 saturated carbocycles. The Morgan fingerprint density at radius 3 is 2.32 bits per heavy atom. The number of nitrogens with one attached hydrogen (secondary N) is 1. The number of carboxylic acids is 1. The highest BCUT2D eigenvalue weighted by atomic mass is 16.4. The fourth-order valence-electron chi connectivity index (χ4n) is 2.57. The van der Waals surface area contributed by atoms with E-state index in [2.05, 4.69) is 5.32 Å². The number of likely N-dealkylation sites (tertiary alicyclic amines) is 1. The van der Waals surface area contributed by atoms with Crippen LogP contribution in [0.5, 0.6) is 0 Å². The molecule has 1 aliphatic heterocycles. The van der Waals surface area contributed by atoms with Crippen molar-refractivity contribution in [1.29, 1.82) is 0 Å². The van der Waals surface area contributed by atoms with E-state index < -0.39 is 18.0 Å². The maximum Gasteiger partial charge on any atom is 0.317 e. The maximum atomic E-state index is 12.1. The second-order valence-corrected chi connectivity index (χ2v) is 5.76. The van der Waals surface area contributed by atoms with Crippen molar-refractivity contribution in [3.8, 4) is 0 Å². The number of carbonyl (C=O) groups excluding carboxylic acids is 1. The molecule has 19 heavy (non-hydrogen) atoms. The van der Waals surface area contributed by atoms with Crippen molar-refractivity contribution in [2.24, 2.45) is 0 Å². The summed E-state index contributed by atoms with van der Waals surface area (Å²) in [4.78, 5) is 24.5. The minimum absolute atomic E-state index is 0.0614. The highest BCUT2D eigenvalue weighted by molar-refractivity contribution is 5.75. The van der Waals surface area contributed by atoms with Crippen LogP contribution in [0.4, 0.5) is 4.79 Å². The van der Waals surface area contributed by atoms with Crippen molar-refractivity contribution in [2.45, 2.75) is 64.1 Å². The van der Waals surface area contributed by atoms with E-state index in [9.17, 15) is 14.7 Å². The first-order valence-electron chi connectivity index (χ1n) is 6.73. The largest absolute Gasteiger partial charge is 0.481 e. The van der Waals surface area contributed by atoms with Crippen LogP contribution in [0.2, 0.25) is 0 Å². The molecule has 1 saturated heterocycles. The van der Waals surface area contributed by atoms with E-state index in [1.54, 1.807) is 4.90 Å². The molecular weight excluding hydrogens is 248 g/mol. The zero-order chi connectivity index (χ0) is 14.6. The third-order valence-electron chi connectivity index (χ3n) is 3.58. The van der Waals surface area contributed by atoms with E-state index in [0.717, 1.165) is 19.3 Å². The van der Waals surface area contributed by atoms with E-state index in [4.69, 9.17) is 5.11 Å². The third-order valence-corrected chi connectivity index (χ3v) is 3.58. The summed E-state index contributed by atoms with van der Waals surface area (Å²) in [7, 11) is 0. The first-order valence-corrected chi connectivity index (χ1v) is 6.73.